The van der Waals surface area contributed by atoms with Gasteiger partial charge in [0.05, 0.1) is 17.2 Å². The first kappa shape index (κ1) is 20.0. The molecule has 0 saturated heterocycles. The number of rotatable bonds is 6. The van der Waals surface area contributed by atoms with E-state index in [1.54, 1.807) is 84.9 Å². The summed E-state index contributed by atoms with van der Waals surface area (Å²) in [6.45, 7) is 0. The van der Waals surface area contributed by atoms with Gasteiger partial charge in [-0.15, -0.1) is 0 Å². The molecular weight excluding hydrogens is 394 g/mol. The van der Waals surface area contributed by atoms with Crippen molar-refractivity contribution in [1.82, 2.24) is 14.9 Å². The molecular formula is C24H19N3O4. The van der Waals surface area contributed by atoms with Gasteiger partial charge in [0.2, 0.25) is 5.91 Å². The van der Waals surface area contributed by atoms with Crippen molar-refractivity contribution in [2.75, 3.05) is 0 Å². The Kier molecular flexibility index (Phi) is 5.57. The first-order chi connectivity index (χ1) is 15.1. The first-order valence-corrected chi connectivity index (χ1v) is 9.65. The zero-order valence-corrected chi connectivity index (χ0v) is 16.4. The molecule has 4 aromatic rings. The number of amides is 1. The van der Waals surface area contributed by atoms with E-state index in [4.69, 9.17) is 0 Å². The van der Waals surface area contributed by atoms with Crippen molar-refractivity contribution in [3.05, 3.63) is 113 Å². The van der Waals surface area contributed by atoms with Gasteiger partial charge >= 0.3 is 5.97 Å². The number of carbonyl (C=O) groups is 2. The smallest absolute Gasteiger partial charge is 0.330 e. The highest BCUT2D eigenvalue weighted by atomic mass is 16.4. The molecule has 2 atom stereocenters. The molecule has 7 heteroatoms. The van der Waals surface area contributed by atoms with Crippen molar-refractivity contribution in [1.29, 1.82) is 0 Å². The van der Waals surface area contributed by atoms with Crippen molar-refractivity contribution in [3.8, 4) is 0 Å². The minimum Gasteiger partial charge on any atom is -0.479 e. The number of carboxylic acid groups (broad SMARTS) is 1. The number of aromatic nitrogens is 2. The van der Waals surface area contributed by atoms with Crippen molar-refractivity contribution in [2.45, 2.75) is 12.1 Å². The monoisotopic (exact) mass is 413 g/mol. The average molecular weight is 413 g/mol. The lowest BCUT2D eigenvalue weighted by Gasteiger charge is -2.23. The van der Waals surface area contributed by atoms with Crippen LogP contribution in [0.4, 0.5) is 0 Å². The maximum absolute atomic E-state index is 13.4. The molecule has 1 amide bonds. The molecule has 154 valence electrons. The fourth-order valence-corrected chi connectivity index (χ4v) is 3.49. The van der Waals surface area contributed by atoms with Crippen LogP contribution in [-0.2, 0) is 9.59 Å². The first-order valence-electron chi connectivity index (χ1n) is 9.65. The second kappa shape index (κ2) is 8.62. The SMILES string of the molecule is O=C(O)C(NC(=O)C(c1ccccc1)n1cnc2ccccc2c1=O)c1ccccc1. The summed E-state index contributed by atoms with van der Waals surface area (Å²) in [7, 11) is 0. The molecule has 0 fully saturated rings. The zero-order chi connectivity index (χ0) is 21.8. The third kappa shape index (κ3) is 4.06. The van der Waals surface area contributed by atoms with Crippen molar-refractivity contribution >= 4 is 22.8 Å². The number of benzene rings is 3. The standard InChI is InChI=1S/C24H19N3O4/c28-22(26-20(24(30)31)16-9-3-1-4-10-16)21(17-11-5-2-6-12-17)27-15-25-19-14-8-7-13-18(19)23(27)29/h1-15,20-21H,(H,26,28)(H,30,31). The number of para-hydroxylation sites is 1. The summed E-state index contributed by atoms with van der Waals surface area (Å²) in [6.07, 6.45) is 1.32. The molecule has 0 spiro atoms. The van der Waals surface area contributed by atoms with Gasteiger partial charge in [-0.05, 0) is 23.3 Å². The second-order valence-electron chi connectivity index (χ2n) is 6.98. The second-order valence-corrected chi connectivity index (χ2v) is 6.98. The molecule has 0 aliphatic carbocycles. The van der Waals surface area contributed by atoms with E-state index in [9.17, 15) is 19.5 Å². The topological polar surface area (TPSA) is 101 Å². The molecule has 0 aliphatic rings. The van der Waals surface area contributed by atoms with Gasteiger partial charge < -0.3 is 10.4 Å². The van der Waals surface area contributed by atoms with E-state index in [2.05, 4.69) is 10.3 Å². The Morgan fingerprint density at radius 2 is 1.42 bits per heavy atom. The number of hydrogen-bond donors (Lipinski definition) is 2. The lowest BCUT2D eigenvalue weighted by Crippen LogP contribution is -2.41. The molecule has 0 radical (unpaired) electrons. The minimum absolute atomic E-state index is 0.372. The molecule has 3 aromatic carbocycles. The Balaban J connectivity index is 1.79. The normalized spacial score (nSPS) is 12.8. The van der Waals surface area contributed by atoms with Gasteiger partial charge in [-0.25, -0.2) is 9.78 Å². The summed E-state index contributed by atoms with van der Waals surface area (Å²) >= 11 is 0. The molecule has 0 bridgehead atoms. The highest BCUT2D eigenvalue weighted by molar-refractivity contribution is 5.89. The molecule has 4 rings (SSSR count). The fourth-order valence-electron chi connectivity index (χ4n) is 3.49. The summed E-state index contributed by atoms with van der Waals surface area (Å²) in [4.78, 5) is 42.7. The molecule has 2 unspecified atom stereocenters. The Hall–Kier alpha value is -4.26. The minimum atomic E-state index is -1.26. The number of nitrogens with zero attached hydrogens (tertiary/aromatic N) is 2. The van der Waals surface area contributed by atoms with Crippen LogP contribution in [0.1, 0.15) is 23.2 Å². The number of fused-ring (bicyclic) bond motifs is 1. The predicted molar refractivity (Wildman–Crippen MR) is 116 cm³/mol. The van der Waals surface area contributed by atoms with Crippen molar-refractivity contribution in [2.24, 2.45) is 0 Å². The maximum Gasteiger partial charge on any atom is 0.330 e. The molecule has 1 heterocycles. The molecule has 1 aromatic heterocycles. The maximum atomic E-state index is 13.4. The summed E-state index contributed by atoms with van der Waals surface area (Å²) in [6, 6.07) is 21.6. The molecule has 2 N–H and O–H groups in total. The number of carbonyl (C=O) groups excluding carboxylic acids is 1. The van der Waals surface area contributed by atoms with E-state index in [1.165, 1.54) is 10.9 Å². The van der Waals surface area contributed by atoms with E-state index in [1.807, 2.05) is 0 Å². The van der Waals surface area contributed by atoms with Gasteiger partial charge in [-0.3, -0.25) is 14.2 Å². The van der Waals surface area contributed by atoms with Crippen molar-refractivity contribution < 1.29 is 14.7 Å². The van der Waals surface area contributed by atoms with Gasteiger partial charge in [0, 0.05) is 0 Å². The highest BCUT2D eigenvalue weighted by Crippen LogP contribution is 2.21. The van der Waals surface area contributed by atoms with Crippen LogP contribution in [0.15, 0.2) is 96.1 Å². The Morgan fingerprint density at radius 3 is 2.06 bits per heavy atom. The van der Waals surface area contributed by atoms with Crippen LogP contribution < -0.4 is 10.9 Å². The van der Waals surface area contributed by atoms with Crippen LogP contribution in [0, 0.1) is 0 Å². The molecule has 7 nitrogen and oxygen atoms in total. The molecule has 31 heavy (non-hydrogen) atoms. The Bertz CT molecular complexity index is 1290. The number of nitrogens with one attached hydrogen (secondary N) is 1. The van der Waals surface area contributed by atoms with Crippen LogP contribution in [0.2, 0.25) is 0 Å². The van der Waals surface area contributed by atoms with E-state index < -0.39 is 24.0 Å². The molecule has 0 saturated carbocycles. The summed E-state index contributed by atoms with van der Waals surface area (Å²) < 4.78 is 1.23. The van der Waals surface area contributed by atoms with Crippen LogP contribution in [0.25, 0.3) is 10.9 Å². The lowest BCUT2D eigenvalue weighted by molar-refractivity contribution is -0.142. The van der Waals surface area contributed by atoms with E-state index in [-0.39, 0.29) is 5.56 Å². The third-order valence-corrected chi connectivity index (χ3v) is 5.00. The Labute approximate surface area is 177 Å². The van der Waals surface area contributed by atoms with E-state index >= 15 is 0 Å². The molecule has 0 aliphatic heterocycles. The van der Waals surface area contributed by atoms with Crippen LogP contribution >= 0.6 is 0 Å². The van der Waals surface area contributed by atoms with Gasteiger partial charge in [-0.2, -0.15) is 0 Å². The van der Waals surface area contributed by atoms with Gasteiger partial charge in [0.15, 0.2) is 6.04 Å². The Morgan fingerprint density at radius 1 is 0.839 bits per heavy atom. The van der Waals surface area contributed by atoms with E-state index in [0.29, 0.717) is 22.0 Å². The number of carboxylic acids is 1. The highest BCUT2D eigenvalue weighted by Gasteiger charge is 2.29. The average Bonchev–Trinajstić information content (AvgIpc) is 2.80. The number of aliphatic carboxylic acids is 1. The van der Waals surface area contributed by atoms with Gasteiger partial charge in [-0.1, -0.05) is 72.8 Å². The summed E-state index contributed by atoms with van der Waals surface area (Å²) in [5.41, 5.74) is 1.10. The van der Waals surface area contributed by atoms with Gasteiger partial charge in [0.25, 0.3) is 5.56 Å². The van der Waals surface area contributed by atoms with Gasteiger partial charge in [0.1, 0.15) is 6.04 Å². The largest absolute Gasteiger partial charge is 0.479 e. The lowest BCUT2D eigenvalue weighted by atomic mass is 10.0. The van der Waals surface area contributed by atoms with Crippen molar-refractivity contribution in [3.63, 3.8) is 0 Å². The zero-order valence-electron chi connectivity index (χ0n) is 16.4. The van der Waals surface area contributed by atoms with Crippen LogP contribution in [0.5, 0.6) is 0 Å². The number of hydrogen-bond acceptors (Lipinski definition) is 4. The summed E-state index contributed by atoms with van der Waals surface area (Å²) in [5.74, 6) is -1.82. The summed E-state index contributed by atoms with van der Waals surface area (Å²) in [5, 5.41) is 12.6. The van der Waals surface area contributed by atoms with E-state index in [0.717, 1.165) is 0 Å². The fraction of sp³-hybridized carbons (Fsp3) is 0.0833. The quantitative estimate of drug-likeness (QED) is 0.506. The van der Waals surface area contributed by atoms with Crippen LogP contribution in [0.3, 0.4) is 0 Å². The predicted octanol–water partition coefficient (Wildman–Crippen LogP) is 2.93. The third-order valence-electron chi connectivity index (χ3n) is 5.00. The van der Waals surface area contributed by atoms with Crippen LogP contribution in [-0.4, -0.2) is 26.5 Å².